The summed E-state index contributed by atoms with van der Waals surface area (Å²) in [5.74, 6) is 0.179. The molecule has 2 aromatic rings. The Bertz CT molecular complexity index is 607. The first-order valence-corrected chi connectivity index (χ1v) is 6.14. The van der Waals surface area contributed by atoms with E-state index in [2.05, 4.69) is 4.98 Å². The maximum atomic E-state index is 11.6. The van der Waals surface area contributed by atoms with Gasteiger partial charge in [0.2, 0.25) is 0 Å². The molecule has 88 valence electrons. The molecular formula is C12H8Cl3NO. The molecule has 0 aliphatic rings. The molecule has 0 saturated carbocycles. The zero-order chi connectivity index (χ0) is 12.4. The average Bonchev–Trinajstić information content (AvgIpc) is 2.32. The van der Waals surface area contributed by atoms with Gasteiger partial charge in [0, 0.05) is 26.9 Å². The van der Waals surface area contributed by atoms with E-state index >= 15 is 0 Å². The van der Waals surface area contributed by atoms with Crippen LogP contribution in [-0.2, 0) is 5.88 Å². The third kappa shape index (κ3) is 2.65. The number of hydrogen-bond acceptors (Lipinski definition) is 1. The molecule has 0 atom stereocenters. The van der Waals surface area contributed by atoms with Crippen LogP contribution in [0.15, 0.2) is 35.1 Å². The quantitative estimate of drug-likeness (QED) is 0.830. The van der Waals surface area contributed by atoms with Gasteiger partial charge in [-0.1, -0.05) is 29.3 Å². The van der Waals surface area contributed by atoms with Crippen LogP contribution in [0.4, 0.5) is 0 Å². The van der Waals surface area contributed by atoms with Crippen LogP contribution in [0.2, 0.25) is 10.0 Å². The second kappa shape index (κ2) is 5.13. The fraction of sp³-hybridized carbons (Fsp3) is 0.0833. The van der Waals surface area contributed by atoms with E-state index in [1.54, 1.807) is 30.3 Å². The van der Waals surface area contributed by atoms with Crippen LogP contribution in [0.25, 0.3) is 11.3 Å². The molecule has 0 radical (unpaired) electrons. The Morgan fingerprint density at radius 1 is 1.12 bits per heavy atom. The van der Waals surface area contributed by atoms with Crippen molar-refractivity contribution in [3.05, 3.63) is 56.3 Å². The first-order valence-electron chi connectivity index (χ1n) is 4.85. The largest absolute Gasteiger partial charge is 0.322 e. The van der Waals surface area contributed by atoms with Crippen LogP contribution >= 0.6 is 34.8 Å². The third-order valence-electron chi connectivity index (χ3n) is 2.35. The van der Waals surface area contributed by atoms with Gasteiger partial charge in [-0.05, 0) is 24.3 Å². The van der Waals surface area contributed by atoms with Crippen LogP contribution in [-0.4, -0.2) is 4.98 Å². The van der Waals surface area contributed by atoms with Gasteiger partial charge in [-0.2, -0.15) is 0 Å². The molecule has 1 aromatic heterocycles. The van der Waals surface area contributed by atoms with Crippen LogP contribution in [0.5, 0.6) is 0 Å². The predicted molar refractivity (Wildman–Crippen MR) is 72.1 cm³/mol. The van der Waals surface area contributed by atoms with Crippen molar-refractivity contribution in [2.75, 3.05) is 0 Å². The zero-order valence-electron chi connectivity index (χ0n) is 8.64. The van der Waals surface area contributed by atoms with Crippen molar-refractivity contribution < 1.29 is 0 Å². The summed E-state index contributed by atoms with van der Waals surface area (Å²) in [7, 11) is 0. The molecule has 5 heteroatoms. The lowest BCUT2D eigenvalue weighted by Crippen LogP contribution is -2.11. The van der Waals surface area contributed by atoms with E-state index in [0.29, 0.717) is 26.9 Å². The smallest absolute Gasteiger partial charge is 0.252 e. The molecule has 1 heterocycles. The molecule has 0 spiro atoms. The molecule has 1 aromatic carbocycles. The highest BCUT2D eigenvalue weighted by atomic mass is 35.5. The molecule has 0 saturated heterocycles. The van der Waals surface area contributed by atoms with Crippen molar-refractivity contribution >= 4 is 34.8 Å². The fourth-order valence-corrected chi connectivity index (χ4v) is 2.07. The molecule has 0 unspecified atom stereocenters. The summed E-state index contributed by atoms with van der Waals surface area (Å²) >= 11 is 17.6. The second-order valence-electron chi connectivity index (χ2n) is 3.48. The van der Waals surface area contributed by atoms with Gasteiger partial charge in [0.05, 0.1) is 5.88 Å². The maximum Gasteiger partial charge on any atom is 0.252 e. The van der Waals surface area contributed by atoms with Gasteiger partial charge in [0.15, 0.2) is 0 Å². The highest BCUT2D eigenvalue weighted by Gasteiger charge is 2.07. The van der Waals surface area contributed by atoms with Crippen molar-refractivity contribution in [1.29, 1.82) is 0 Å². The van der Waals surface area contributed by atoms with Crippen LogP contribution in [0, 0.1) is 0 Å². The summed E-state index contributed by atoms with van der Waals surface area (Å²) in [5.41, 5.74) is 1.62. The number of pyridine rings is 1. The molecule has 1 N–H and O–H groups in total. The lowest BCUT2D eigenvalue weighted by atomic mass is 10.1. The van der Waals surface area contributed by atoms with E-state index in [0.717, 1.165) is 0 Å². The molecular weight excluding hydrogens is 280 g/mol. The Hall–Kier alpha value is -0.960. The van der Waals surface area contributed by atoms with Crippen molar-refractivity contribution in [2.24, 2.45) is 0 Å². The number of alkyl halides is 1. The summed E-state index contributed by atoms with van der Waals surface area (Å²) < 4.78 is 0. The van der Waals surface area contributed by atoms with Gasteiger partial charge in [-0.3, -0.25) is 4.79 Å². The Labute approximate surface area is 113 Å². The first-order chi connectivity index (χ1) is 8.11. The van der Waals surface area contributed by atoms with E-state index in [4.69, 9.17) is 34.8 Å². The van der Waals surface area contributed by atoms with E-state index < -0.39 is 0 Å². The predicted octanol–water partition coefficient (Wildman–Crippen LogP) is 4.09. The lowest BCUT2D eigenvalue weighted by Gasteiger charge is -2.05. The number of hydrogen-bond donors (Lipinski definition) is 1. The van der Waals surface area contributed by atoms with Crippen molar-refractivity contribution in [3.63, 3.8) is 0 Å². The highest BCUT2D eigenvalue weighted by molar-refractivity contribution is 6.35. The average molecular weight is 289 g/mol. The van der Waals surface area contributed by atoms with Gasteiger partial charge in [0.25, 0.3) is 5.56 Å². The highest BCUT2D eigenvalue weighted by Crippen LogP contribution is 2.28. The number of nitrogens with one attached hydrogen (secondary N) is 1. The minimum absolute atomic E-state index is 0.179. The van der Waals surface area contributed by atoms with Crippen LogP contribution < -0.4 is 5.56 Å². The second-order valence-corrected chi connectivity index (χ2v) is 4.60. The summed E-state index contributed by atoms with van der Waals surface area (Å²) in [4.78, 5) is 14.4. The molecule has 17 heavy (non-hydrogen) atoms. The maximum absolute atomic E-state index is 11.6. The summed E-state index contributed by atoms with van der Waals surface area (Å²) in [6.07, 6.45) is 0. The Balaban J connectivity index is 2.57. The van der Waals surface area contributed by atoms with Crippen LogP contribution in [0.3, 0.4) is 0 Å². The fourth-order valence-electron chi connectivity index (χ4n) is 1.47. The molecule has 0 aliphatic carbocycles. The monoisotopic (exact) mass is 287 g/mol. The van der Waals surface area contributed by atoms with Crippen LogP contribution in [0.1, 0.15) is 5.56 Å². The zero-order valence-corrected chi connectivity index (χ0v) is 10.9. The Morgan fingerprint density at radius 3 is 2.53 bits per heavy atom. The Morgan fingerprint density at radius 2 is 1.88 bits per heavy atom. The Kier molecular flexibility index (Phi) is 3.77. The van der Waals surface area contributed by atoms with E-state index in [-0.39, 0.29) is 11.4 Å². The molecule has 0 aliphatic heterocycles. The van der Waals surface area contributed by atoms with Crippen molar-refractivity contribution in [3.8, 4) is 11.3 Å². The van der Waals surface area contributed by atoms with E-state index in [9.17, 15) is 4.79 Å². The number of rotatable bonds is 2. The minimum atomic E-state index is -0.214. The third-order valence-corrected chi connectivity index (χ3v) is 3.21. The summed E-state index contributed by atoms with van der Waals surface area (Å²) in [6, 6.07) is 8.52. The van der Waals surface area contributed by atoms with Gasteiger partial charge in [-0.15, -0.1) is 11.6 Å². The summed E-state index contributed by atoms with van der Waals surface area (Å²) in [6.45, 7) is 0. The number of benzene rings is 1. The molecule has 2 nitrogen and oxygen atoms in total. The number of aromatic amines is 1. The number of aromatic nitrogens is 1. The van der Waals surface area contributed by atoms with E-state index in [1.807, 2.05) is 0 Å². The topological polar surface area (TPSA) is 32.9 Å². The van der Waals surface area contributed by atoms with Gasteiger partial charge in [0.1, 0.15) is 0 Å². The lowest BCUT2D eigenvalue weighted by molar-refractivity contribution is 1.17. The van der Waals surface area contributed by atoms with Gasteiger partial charge >= 0.3 is 0 Å². The summed E-state index contributed by atoms with van der Waals surface area (Å²) in [5, 5.41) is 1.09. The van der Waals surface area contributed by atoms with Gasteiger partial charge in [-0.25, -0.2) is 0 Å². The van der Waals surface area contributed by atoms with Gasteiger partial charge < -0.3 is 4.98 Å². The molecule has 0 fully saturated rings. The normalized spacial score (nSPS) is 10.5. The minimum Gasteiger partial charge on any atom is -0.322 e. The number of H-pyrrole nitrogens is 1. The molecule has 2 rings (SSSR count). The first kappa shape index (κ1) is 12.5. The molecule has 0 bridgehead atoms. The van der Waals surface area contributed by atoms with Crippen molar-refractivity contribution in [1.82, 2.24) is 4.98 Å². The van der Waals surface area contributed by atoms with Crippen molar-refractivity contribution in [2.45, 2.75) is 5.88 Å². The SMILES string of the molecule is O=c1[nH]c(-c2cc(Cl)ccc2Cl)ccc1CCl. The standard InChI is InChI=1S/C12H8Cl3NO/c13-6-7-1-4-11(16-12(7)17)9-5-8(14)2-3-10(9)15/h1-5H,6H2,(H,16,17). The molecule has 0 amide bonds. The number of halogens is 3. The van der Waals surface area contributed by atoms with E-state index in [1.165, 1.54) is 0 Å².